The molecule has 2 aromatic carbocycles. The molecule has 1 amide bonds. The first-order chi connectivity index (χ1) is 13.2. The van der Waals surface area contributed by atoms with Crippen molar-refractivity contribution in [3.63, 3.8) is 0 Å². The summed E-state index contributed by atoms with van der Waals surface area (Å²) in [6.45, 7) is 3.29. The Kier molecular flexibility index (Phi) is 6.36. The highest BCUT2D eigenvalue weighted by atomic mass is 16.5. The summed E-state index contributed by atoms with van der Waals surface area (Å²) in [6.07, 6.45) is 5.00. The van der Waals surface area contributed by atoms with Crippen LogP contribution in [0, 0.1) is 0 Å². The van der Waals surface area contributed by atoms with E-state index in [1.54, 1.807) is 19.3 Å². The van der Waals surface area contributed by atoms with Gasteiger partial charge in [0.15, 0.2) is 11.5 Å². The van der Waals surface area contributed by atoms with Gasteiger partial charge in [-0.2, -0.15) is 0 Å². The van der Waals surface area contributed by atoms with Crippen LogP contribution in [0.15, 0.2) is 48.5 Å². The molecule has 0 radical (unpaired) electrons. The molecule has 0 spiro atoms. The van der Waals surface area contributed by atoms with Crippen molar-refractivity contribution in [2.45, 2.75) is 25.8 Å². The van der Waals surface area contributed by atoms with Crippen LogP contribution >= 0.6 is 0 Å². The number of para-hydroxylation sites is 1. The molecule has 3 rings (SSSR count). The molecule has 142 valence electrons. The Morgan fingerprint density at radius 1 is 1.26 bits per heavy atom. The molecule has 1 N–H and O–H groups in total. The minimum atomic E-state index is -0.137. The van der Waals surface area contributed by atoms with Crippen LogP contribution in [-0.4, -0.2) is 26.2 Å². The number of carbonyl (C=O) groups excluding carboxylic acids is 1. The van der Waals surface area contributed by atoms with Gasteiger partial charge in [0.1, 0.15) is 5.75 Å². The van der Waals surface area contributed by atoms with Crippen molar-refractivity contribution in [2.75, 3.05) is 20.3 Å². The second kappa shape index (κ2) is 9.12. The maximum atomic E-state index is 12.4. The molecule has 0 aliphatic carbocycles. The van der Waals surface area contributed by atoms with Gasteiger partial charge >= 0.3 is 0 Å². The first-order valence-electron chi connectivity index (χ1n) is 9.22. The summed E-state index contributed by atoms with van der Waals surface area (Å²) >= 11 is 0. The number of fused-ring (bicyclic) bond motifs is 1. The molecule has 27 heavy (non-hydrogen) atoms. The number of nitrogens with one attached hydrogen (secondary N) is 1. The summed E-state index contributed by atoms with van der Waals surface area (Å²) in [5.41, 5.74) is 1.89. The summed E-state index contributed by atoms with van der Waals surface area (Å²) in [4.78, 5) is 12.4. The SMILES string of the molecule is CCCOc1ccc(/C=C/C(=O)N[C@@H]2CCOc3ccccc32)cc1OC. The lowest BCUT2D eigenvalue weighted by Crippen LogP contribution is -2.30. The van der Waals surface area contributed by atoms with Gasteiger partial charge in [-0.1, -0.05) is 31.2 Å². The number of rotatable bonds is 7. The fourth-order valence-electron chi connectivity index (χ4n) is 3.00. The van der Waals surface area contributed by atoms with Gasteiger partial charge in [0.2, 0.25) is 5.91 Å². The number of amides is 1. The second-order valence-corrected chi connectivity index (χ2v) is 6.33. The molecule has 1 aliphatic rings. The van der Waals surface area contributed by atoms with E-state index in [0.29, 0.717) is 24.7 Å². The van der Waals surface area contributed by atoms with E-state index in [9.17, 15) is 4.79 Å². The largest absolute Gasteiger partial charge is 0.493 e. The molecular formula is C22H25NO4. The third-order valence-electron chi connectivity index (χ3n) is 4.35. The molecule has 5 heteroatoms. The Morgan fingerprint density at radius 2 is 2.11 bits per heavy atom. The Balaban J connectivity index is 1.65. The van der Waals surface area contributed by atoms with Gasteiger partial charge < -0.3 is 19.5 Å². The maximum Gasteiger partial charge on any atom is 0.244 e. The first-order valence-corrected chi connectivity index (χ1v) is 9.22. The molecule has 1 heterocycles. The number of hydrogen-bond acceptors (Lipinski definition) is 4. The molecule has 5 nitrogen and oxygen atoms in total. The zero-order valence-electron chi connectivity index (χ0n) is 15.7. The van der Waals surface area contributed by atoms with E-state index >= 15 is 0 Å². The standard InChI is InChI=1S/C22H25NO4/c1-3-13-26-20-10-8-16(15-21(20)25-2)9-11-22(24)23-18-12-14-27-19-7-5-4-6-17(18)19/h4-11,15,18H,3,12-14H2,1-2H3,(H,23,24)/b11-9+/t18-/m1/s1. The van der Waals surface area contributed by atoms with E-state index in [4.69, 9.17) is 14.2 Å². The predicted octanol–water partition coefficient (Wildman–Crippen LogP) is 4.14. The first kappa shape index (κ1) is 18.8. The highest BCUT2D eigenvalue weighted by Crippen LogP contribution is 2.31. The highest BCUT2D eigenvalue weighted by molar-refractivity contribution is 5.92. The smallest absolute Gasteiger partial charge is 0.244 e. The average molecular weight is 367 g/mol. The Morgan fingerprint density at radius 3 is 2.93 bits per heavy atom. The van der Waals surface area contributed by atoms with Gasteiger partial charge in [0.05, 0.1) is 26.4 Å². The van der Waals surface area contributed by atoms with Crippen LogP contribution < -0.4 is 19.5 Å². The zero-order chi connectivity index (χ0) is 19.1. The maximum absolute atomic E-state index is 12.4. The van der Waals surface area contributed by atoms with Crippen LogP contribution in [0.2, 0.25) is 0 Å². The topological polar surface area (TPSA) is 56.8 Å². The molecular weight excluding hydrogens is 342 g/mol. The summed E-state index contributed by atoms with van der Waals surface area (Å²) in [6, 6.07) is 13.4. The minimum absolute atomic E-state index is 0.0357. The second-order valence-electron chi connectivity index (χ2n) is 6.33. The molecule has 0 fully saturated rings. The van der Waals surface area contributed by atoms with Crippen LogP contribution in [0.3, 0.4) is 0 Å². The van der Waals surface area contributed by atoms with Crippen LogP contribution in [-0.2, 0) is 4.79 Å². The third kappa shape index (κ3) is 4.82. The number of carbonyl (C=O) groups is 1. The number of ether oxygens (including phenoxy) is 3. The Hall–Kier alpha value is -2.95. The Labute approximate surface area is 159 Å². The van der Waals surface area contributed by atoms with Crippen molar-refractivity contribution in [3.05, 3.63) is 59.7 Å². The molecule has 0 saturated carbocycles. The fraction of sp³-hybridized carbons (Fsp3) is 0.318. The predicted molar refractivity (Wildman–Crippen MR) is 105 cm³/mol. The molecule has 0 aromatic heterocycles. The van der Waals surface area contributed by atoms with Crippen molar-refractivity contribution in [1.29, 1.82) is 0 Å². The van der Waals surface area contributed by atoms with Gasteiger partial charge in [0, 0.05) is 18.1 Å². The van der Waals surface area contributed by atoms with Crippen LogP contribution in [0.25, 0.3) is 6.08 Å². The molecule has 1 atom stereocenters. The monoisotopic (exact) mass is 367 g/mol. The summed E-state index contributed by atoms with van der Waals surface area (Å²) in [5, 5.41) is 3.05. The van der Waals surface area contributed by atoms with Gasteiger partial charge in [-0.05, 0) is 36.3 Å². The van der Waals surface area contributed by atoms with E-state index in [1.165, 1.54) is 0 Å². The normalized spacial score (nSPS) is 15.7. The number of hydrogen-bond donors (Lipinski definition) is 1. The average Bonchev–Trinajstić information content (AvgIpc) is 2.71. The molecule has 1 aliphatic heterocycles. The van der Waals surface area contributed by atoms with E-state index in [0.717, 1.165) is 29.7 Å². The number of benzene rings is 2. The number of methoxy groups -OCH3 is 1. The molecule has 0 bridgehead atoms. The molecule has 2 aromatic rings. The van der Waals surface area contributed by atoms with E-state index in [-0.39, 0.29) is 11.9 Å². The lowest BCUT2D eigenvalue weighted by molar-refractivity contribution is -0.117. The summed E-state index contributed by atoms with van der Waals surface area (Å²) in [5.74, 6) is 2.07. The zero-order valence-corrected chi connectivity index (χ0v) is 15.7. The molecule has 0 saturated heterocycles. The summed E-state index contributed by atoms with van der Waals surface area (Å²) in [7, 11) is 1.61. The lowest BCUT2D eigenvalue weighted by Gasteiger charge is -2.26. The molecule has 0 unspecified atom stereocenters. The van der Waals surface area contributed by atoms with E-state index in [1.807, 2.05) is 42.5 Å². The highest BCUT2D eigenvalue weighted by Gasteiger charge is 2.21. The Bertz CT molecular complexity index is 816. The van der Waals surface area contributed by atoms with E-state index < -0.39 is 0 Å². The fourth-order valence-corrected chi connectivity index (χ4v) is 3.00. The van der Waals surface area contributed by atoms with Crippen molar-refractivity contribution in [3.8, 4) is 17.2 Å². The van der Waals surface area contributed by atoms with Crippen molar-refractivity contribution in [2.24, 2.45) is 0 Å². The van der Waals surface area contributed by atoms with Crippen LogP contribution in [0.4, 0.5) is 0 Å². The lowest BCUT2D eigenvalue weighted by atomic mass is 10.0. The van der Waals surface area contributed by atoms with Crippen molar-refractivity contribution >= 4 is 12.0 Å². The van der Waals surface area contributed by atoms with Gasteiger partial charge in [-0.25, -0.2) is 0 Å². The minimum Gasteiger partial charge on any atom is -0.493 e. The van der Waals surface area contributed by atoms with Crippen LogP contribution in [0.1, 0.15) is 36.9 Å². The van der Waals surface area contributed by atoms with Crippen LogP contribution in [0.5, 0.6) is 17.2 Å². The third-order valence-corrected chi connectivity index (χ3v) is 4.35. The van der Waals surface area contributed by atoms with E-state index in [2.05, 4.69) is 12.2 Å². The van der Waals surface area contributed by atoms with Crippen molar-refractivity contribution in [1.82, 2.24) is 5.32 Å². The van der Waals surface area contributed by atoms with Gasteiger partial charge in [-0.15, -0.1) is 0 Å². The van der Waals surface area contributed by atoms with Gasteiger partial charge in [-0.3, -0.25) is 4.79 Å². The van der Waals surface area contributed by atoms with Crippen molar-refractivity contribution < 1.29 is 19.0 Å². The quantitative estimate of drug-likeness (QED) is 0.748. The summed E-state index contributed by atoms with van der Waals surface area (Å²) < 4.78 is 16.7. The van der Waals surface area contributed by atoms with Gasteiger partial charge in [0.25, 0.3) is 0 Å².